The minimum Gasteiger partial charge on any atom is -0.481 e. The van der Waals surface area contributed by atoms with Crippen LogP contribution in [-0.2, 0) is 23.9 Å². The summed E-state index contributed by atoms with van der Waals surface area (Å²) in [5, 5.41) is 18.5. The Balaban J connectivity index is 5.60. The molecule has 110 valence electrons. The summed E-state index contributed by atoms with van der Waals surface area (Å²) in [6.45, 7) is 4.30. The zero-order valence-corrected chi connectivity index (χ0v) is 11.5. The van der Waals surface area contributed by atoms with E-state index in [0.717, 1.165) is 6.92 Å². The zero-order chi connectivity index (χ0) is 15.2. The van der Waals surface area contributed by atoms with Crippen molar-refractivity contribution in [2.75, 3.05) is 7.11 Å². The van der Waals surface area contributed by atoms with Crippen molar-refractivity contribution in [1.29, 1.82) is 0 Å². The van der Waals surface area contributed by atoms with Crippen molar-refractivity contribution >= 4 is 17.9 Å². The molecule has 0 amide bonds. The van der Waals surface area contributed by atoms with Gasteiger partial charge in [-0.15, -0.1) is 0 Å². The lowest BCUT2D eigenvalue weighted by Gasteiger charge is -2.37. The maximum atomic E-state index is 11.5. The molecule has 2 atom stereocenters. The normalized spacial score (nSPS) is 14.5. The highest BCUT2D eigenvalue weighted by Crippen LogP contribution is 2.35. The van der Waals surface area contributed by atoms with E-state index < -0.39 is 35.5 Å². The highest BCUT2D eigenvalue weighted by atomic mass is 16.6. The molecule has 0 aliphatic heterocycles. The van der Waals surface area contributed by atoms with Gasteiger partial charge in [-0.05, 0) is 12.8 Å². The maximum Gasteiger partial charge on any atom is 0.347 e. The second-order valence-corrected chi connectivity index (χ2v) is 4.19. The average Bonchev–Trinajstić information content (AvgIpc) is 2.32. The number of esters is 1. The summed E-state index contributed by atoms with van der Waals surface area (Å²) in [6.07, 6.45) is -2.61. The van der Waals surface area contributed by atoms with Crippen LogP contribution in [-0.4, -0.2) is 47.4 Å². The van der Waals surface area contributed by atoms with Crippen LogP contribution in [0.3, 0.4) is 0 Å². The molecule has 0 saturated carbocycles. The predicted octanol–water partition coefficient (Wildman–Crippen LogP) is 0.909. The van der Waals surface area contributed by atoms with Crippen molar-refractivity contribution in [2.45, 2.75) is 45.8 Å². The standard InChI is InChI=1S/C12H20O7/c1-5-12(6-2,11(16)17)9(18-4)8(10(14)15)19-7(3)13/h8-9H,5-6H2,1-4H3,(H,14,15)(H,16,17). The van der Waals surface area contributed by atoms with Crippen LogP contribution in [0.15, 0.2) is 0 Å². The largest absolute Gasteiger partial charge is 0.481 e. The lowest BCUT2D eigenvalue weighted by atomic mass is 9.74. The quantitative estimate of drug-likeness (QED) is 0.634. The molecule has 0 fully saturated rings. The summed E-state index contributed by atoms with van der Waals surface area (Å²) >= 11 is 0. The molecule has 7 nitrogen and oxygen atoms in total. The third kappa shape index (κ3) is 3.66. The Morgan fingerprint density at radius 3 is 1.84 bits per heavy atom. The number of carbonyl (C=O) groups is 3. The van der Waals surface area contributed by atoms with E-state index in [-0.39, 0.29) is 12.8 Å². The van der Waals surface area contributed by atoms with Crippen molar-refractivity contribution in [3.05, 3.63) is 0 Å². The average molecular weight is 276 g/mol. The molecule has 2 unspecified atom stereocenters. The van der Waals surface area contributed by atoms with Gasteiger partial charge in [0.25, 0.3) is 0 Å². The molecule has 2 N–H and O–H groups in total. The van der Waals surface area contributed by atoms with Crippen LogP contribution in [0.2, 0.25) is 0 Å². The summed E-state index contributed by atoms with van der Waals surface area (Å²) < 4.78 is 9.74. The van der Waals surface area contributed by atoms with Crippen molar-refractivity contribution in [2.24, 2.45) is 5.41 Å². The Morgan fingerprint density at radius 2 is 1.63 bits per heavy atom. The van der Waals surface area contributed by atoms with E-state index in [1.54, 1.807) is 13.8 Å². The first-order chi connectivity index (χ1) is 8.76. The lowest BCUT2D eigenvalue weighted by Crippen LogP contribution is -2.53. The highest BCUT2D eigenvalue weighted by molar-refractivity contribution is 5.81. The fourth-order valence-electron chi connectivity index (χ4n) is 2.14. The summed E-state index contributed by atoms with van der Waals surface area (Å²) in [6, 6.07) is 0. The maximum absolute atomic E-state index is 11.5. The van der Waals surface area contributed by atoms with Gasteiger partial charge in [-0.1, -0.05) is 13.8 Å². The number of carboxylic acid groups (broad SMARTS) is 2. The molecular formula is C12H20O7. The van der Waals surface area contributed by atoms with E-state index in [1.165, 1.54) is 7.11 Å². The van der Waals surface area contributed by atoms with Gasteiger partial charge in [-0.25, -0.2) is 4.79 Å². The predicted molar refractivity (Wildman–Crippen MR) is 64.6 cm³/mol. The molecule has 0 aromatic rings. The van der Waals surface area contributed by atoms with Gasteiger partial charge in [0.05, 0.1) is 5.41 Å². The molecule has 0 radical (unpaired) electrons. The molecule has 7 heteroatoms. The van der Waals surface area contributed by atoms with Crippen molar-refractivity contribution in [3.8, 4) is 0 Å². The molecule has 0 aromatic heterocycles. The van der Waals surface area contributed by atoms with Gasteiger partial charge in [-0.2, -0.15) is 0 Å². The monoisotopic (exact) mass is 276 g/mol. The Kier molecular flexibility index (Phi) is 6.47. The van der Waals surface area contributed by atoms with Crippen LogP contribution in [0.25, 0.3) is 0 Å². The van der Waals surface area contributed by atoms with Crippen LogP contribution < -0.4 is 0 Å². The van der Waals surface area contributed by atoms with Crippen molar-refractivity contribution < 1.29 is 34.1 Å². The number of ether oxygens (including phenoxy) is 2. The van der Waals surface area contributed by atoms with Gasteiger partial charge in [0, 0.05) is 14.0 Å². The summed E-state index contributed by atoms with van der Waals surface area (Å²) in [5.41, 5.74) is -1.42. The topological polar surface area (TPSA) is 110 Å². The second kappa shape index (κ2) is 7.08. The van der Waals surface area contributed by atoms with Crippen molar-refractivity contribution in [1.82, 2.24) is 0 Å². The Hall–Kier alpha value is -1.63. The Bertz CT molecular complexity index is 346. The molecule has 0 aromatic carbocycles. The number of hydrogen-bond donors (Lipinski definition) is 2. The summed E-state index contributed by atoms with van der Waals surface area (Å²) in [4.78, 5) is 33.6. The SMILES string of the molecule is CCC(CC)(C(=O)O)C(OC)C(OC(C)=O)C(=O)O. The Morgan fingerprint density at radius 1 is 1.16 bits per heavy atom. The van der Waals surface area contributed by atoms with E-state index in [9.17, 15) is 19.5 Å². The molecule has 0 aliphatic carbocycles. The van der Waals surface area contributed by atoms with Crippen molar-refractivity contribution in [3.63, 3.8) is 0 Å². The number of aliphatic carboxylic acids is 2. The van der Waals surface area contributed by atoms with Gasteiger partial charge in [0.15, 0.2) is 0 Å². The van der Waals surface area contributed by atoms with E-state index in [2.05, 4.69) is 0 Å². The first-order valence-corrected chi connectivity index (χ1v) is 5.93. The third-order valence-electron chi connectivity index (χ3n) is 3.30. The smallest absolute Gasteiger partial charge is 0.347 e. The van der Waals surface area contributed by atoms with Gasteiger partial charge >= 0.3 is 17.9 Å². The van der Waals surface area contributed by atoms with Crippen LogP contribution >= 0.6 is 0 Å². The first kappa shape index (κ1) is 17.4. The molecule has 0 spiro atoms. The molecule has 0 heterocycles. The molecule has 0 bridgehead atoms. The fraction of sp³-hybridized carbons (Fsp3) is 0.750. The number of carbonyl (C=O) groups excluding carboxylic acids is 1. The van der Waals surface area contributed by atoms with E-state index in [1.807, 2.05) is 0 Å². The van der Waals surface area contributed by atoms with Crippen LogP contribution in [0.4, 0.5) is 0 Å². The molecule has 0 aliphatic rings. The van der Waals surface area contributed by atoms with Gasteiger partial charge in [0.1, 0.15) is 6.10 Å². The van der Waals surface area contributed by atoms with Gasteiger partial charge in [0.2, 0.25) is 6.10 Å². The highest BCUT2D eigenvalue weighted by Gasteiger charge is 2.51. The minimum atomic E-state index is -1.65. The van der Waals surface area contributed by atoms with Crippen LogP contribution in [0, 0.1) is 5.41 Å². The van der Waals surface area contributed by atoms with E-state index in [4.69, 9.17) is 14.6 Å². The Labute approximate surface area is 111 Å². The molecular weight excluding hydrogens is 256 g/mol. The van der Waals surface area contributed by atoms with E-state index in [0.29, 0.717) is 0 Å². The molecule has 0 saturated heterocycles. The van der Waals surface area contributed by atoms with E-state index >= 15 is 0 Å². The van der Waals surface area contributed by atoms with Crippen LogP contribution in [0.5, 0.6) is 0 Å². The summed E-state index contributed by atoms with van der Waals surface area (Å²) in [5.74, 6) is -3.42. The fourth-order valence-corrected chi connectivity index (χ4v) is 2.14. The molecule has 19 heavy (non-hydrogen) atoms. The zero-order valence-electron chi connectivity index (χ0n) is 11.5. The summed E-state index contributed by atoms with van der Waals surface area (Å²) in [7, 11) is 1.20. The first-order valence-electron chi connectivity index (χ1n) is 5.93. The van der Waals surface area contributed by atoms with Gasteiger partial charge < -0.3 is 19.7 Å². The molecule has 0 rings (SSSR count). The second-order valence-electron chi connectivity index (χ2n) is 4.19. The number of carboxylic acids is 2. The minimum absolute atomic E-state index is 0.155. The number of methoxy groups -OCH3 is 1. The lowest BCUT2D eigenvalue weighted by molar-refractivity contribution is -0.188. The van der Waals surface area contributed by atoms with Gasteiger partial charge in [-0.3, -0.25) is 9.59 Å². The number of rotatable bonds is 8. The third-order valence-corrected chi connectivity index (χ3v) is 3.30. The van der Waals surface area contributed by atoms with Crippen LogP contribution in [0.1, 0.15) is 33.6 Å². The number of hydrogen-bond acceptors (Lipinski definition) is 5.